The number of hydrogen-bond acceptors (Lipinski definition) is 8. The maximum atomic E-state index is 14.0. The van der Waals surface area contributed by atoms with Gasteiger partial charge < -0.3 is 26.6 Å². The smallest absolute Gasteiger partial charge is 0.319 e. The van der Waals surface area contributed by atoms with Crippen molar-refractivity contribution in [2.24, 2.45) is 41.2 Å². The number of unbranched alkanes of at least 4 members (excludes halogenated alkanes) is 1. The number of Topliss-reactive ketones (excluding diaryl/α,β-unsaturated/α-hetero) is 4. The lowest BCUT2D eigenvalue weighted by atomic mass is 9.49. The molecule has 3 aliphatic rings. The molecule has 0 bridgehead atoms. The van der Waals surface area contributed by atoms with Gasteiger partial charge >= 0.3 is 6.03 Å². The van der Waals surface area contributed by atoms with Gasteiger partial charge in [-0.05, 0) is 66.0 Å². The molecule has 2 saturated carbocycles. The van der Waals surface area contributed by atoms with E-state index in [2.05, 4.69) is 10.6 Å². The van der Waals surface area contributed by atoms with E-state index in [1.165, 1.54) is 6.07 Å². The molecule has 3 amide bonds. The fourth-order valence-electron chi connectivity index (χ4n) is 7.41. The topological polar surface area (TPSA) is 193 Å². The number of fused-ring (bicyclic) bond motifs is 3. The fourth-order valence-corrected chi connectivity index (χ4v) is 7.41. The SMILES string of the molecule is CCCCNC(=O)Nc1ccc(-c2ccc(O)c3c2C[C@H]2C[C@H]4[C@H](C(C)C)C(=O)C(C(N)=O)C(=O)[C@@]4(O)C(=O)C2C3=O)cc1. The number of amides is 3. The zero-order valence-electron chi connectivity index (χ0n) is 24.9. The number of aliphatic hydroxyl groups is 1. The summed E-state index contributed by atoms with van der Waals surface area (Å²) in [4.78, 5) is 79.0. The van der Waals surface area contributed by atoms with E-state index in [4.69, 9.17) is 5.73 Å². The van der Waals surface area contributed by atoms with E-state index in [9.17, 15) is 39.0 Å². The number of ketones is 4. The Morgan fingerprint density at radius 1 is 1.05 bits per heavy atom. The molecule has 0 heterocycles. The Kier molecular flexibility index (Phi) is 8.19. The van der Waals surface area contributed by atoms with Gasteiger partial charge in [-0.3, -0.25) is 24.0 Å². The van der Waals surface area contributed by atoms with Crippen LogP contribution in [0.25, 0.3) is 11.1 Å². The Morgan fingerprint density at radius 2 is 1.73 bits per heavy atom. The van der Waals surface area contributed by atoms with Gasteiger partial charge in [0.05, 0.1) is 11.5 Å². The number of carbonyl (C=O) groups excluding carboxylic acids is 6. The van der Waals surface area contributed by atoms with Crippen LogP contribution in [0.15, 0.2) is 36.4 Å². The minimum Gasteiger partial charge on any atom is -0.507 e. The summed E-state index contributed by atoms with van der Waals surface area (Å²) in [6.07, 6.45) is 1.99. The van der Waals surface area contributed by atoms with Crippen molar-refractivity contribution in [3.05, 3.63) is 47.5 Å². The number of hydrogen-bond donors (Lipinski definition) is 5. The number of nitrogens with two attached hydrogens (primary N) is 1. The van der Waals surface area contributed by atoms with Crippen molar-refractivity contribution in [1.29, 1.82) is 0 Å². The molecule has 11 heteroatoms. The summed E-state index contributed by atoms with van der Waals surface area (Å²) in [6.45, 7) is 6.00. The molecule has 232 valence electrons. The molecule has 0 saturated heterocycles. The van der Waals surface area contributed by atoms with Crippen LogP contribution in [0.5, 0.6) is 5.75 Å². The van der Waals surface area contributed by atoms with Gasteiger partial charge in [-0.1, -0.05) is 45.4 Å². The van der Waals surface area contributed by atoms with E-state index in [0.717, 1.165) is 12.8 Å². The molecule has 6 N–H and O–H groups in total. The van der Waals surface area contributed by atoms with Gasteiger partial charge in [-0.25, -0.2) is 4.79 Å². The predicted molar refractivity (Wildman–Crippen MR) is 160 cm³/mol. The van der Waals surface area contributed by atoms with Crippen LogP contribution in [-0.4, -0.2) is 57.4 Å². The van der Waals surface area contributed by atoms with Gasteiger partial charge in [0, 0.05) is 24.1 Å². The summed E-state index contributed by atoms with van der Waals surface area (Å²) in [6, 6.07) is 9.67. The molecule has 6 atom stereocenters. The zero-order valence-corrected chi connectivity index (χ0v) is 24.9. The van der Waals surface area contributed by atoms with Crippen molar-refractivity contribution >= 4 is 40.8 Å². The molecule has 0 spiro atoms. The van der Waals surface area contributed by atoms with Gasteiger partial charge in [-0.15, -0.1) is 0 Å². The van der Waals surface area contributed by atoms with Crippen LogP contribution in [0.4, 0.5) is 10.5 Å². The Morgan fingerprint density at radius 3 is 2.34 bits per heavy atom. The molecule has 2 aromatic carbocycles. The molecule has 0 radical (unpaired) electrons. The number of nitrogens with one attached hydrogen (secondary N) is 2. The van der Waals surface area contributed by atoms with Crippen LogP contribution in [-0.2, 0) is 25.6 Å². The Bertz CT molecular complexity index is 1570. The normalized spacial score (nSPS) is 27.8. The van der Waals surface area contributed by atoms with Gasteiger partial charge in [-0.2, -0.15) is 0 Å². The Labute approximate surface area is 254 Å². The molecule has 44 heavy (non-hydrogen) atoms. The number of carbonyl (C=O) groups is 6. The maximum absolute atomic E-state index is 14.0. The zero-order chi connectivity index (χ0) is 32.1. The average Bonchev–Trinajstić information content (AvgIpc) is 2.95. The highest BCUT2D eigenvalue weighted by atomic mass is 16.3. The van der Waals surface area contributed by atoms with Crippen molar-refractivity contribution in [1.82, 2.24) is 5.32 Å². The van der Waals surface area contributed by atoms with Gasteiger partial charge in [0.1, 0.15) is 5.75 Å². The third-order valence-electron chi connectivity index (χ3n) is 9.47. The number of primary amides is 1. The van der Waals surface area contributed by atoms with Crippen molar-refractivity contribution in [2.75, 3.05) is 11.9 Å². The van der Waals surface area contributed by atoms with Crippen molar-refractivity contribution in [2.45, 2.75) is 52.1 Å². The molecule has 3 aliphatic carbocycles. The van der Waals surface area contributed by atoms with E-state index in [1.54, 1.807) is 44.2 Å². The first-order valence-electron chi connectivity index (χ1n) is 15.0. The molecular weight excluding hydrogens is 566 g/mol. The van der Waals surface area contributed by atoms with Crippen LogP contribution >= 0.6 is 0 Å². The van der Waals surface area contributed by atoms with Gasteiger partial charge in [0.25, 0.3) is 0 Å². The predicted octanol–water partition coefficient (Wildman–Crippen LogP) is 2.80. The Hall–Kier alpha value is -4.38. The van der Waals surface area contributed by atoms with Crippen molar-refractivity contribution in [3.63, 3.8) is 0 Å². The summed E-state index contributed by atoms with van der Waals surface area (Å²) in [5.74, 6) is -12.0. The number of phenols is 1. The highest BCUT2D eigenvalue weighted by Gasteiger charge is 2.69. The second kappa shape index (κ2) is 11.6. The number of aromatic hydroxyl groups is 1. The van der Waals surface area contributed by atoms with E-state index >= 15 is 0 Å². The molecular formula is C33H37N3O8. The number of benzene rings is 2. The van der Waals surface area contributed by atoms with Crippen LogP contribution in [0, 0.1) is 35.5 Å². The van der Waals surface area contributed by atoms with Crippen LogP contribution in [0.2, 0.25) is 0 Å². The first-order chi connectivity index (χ1) is 20.8. The second-order valence-electron chi connectivity index (χ2n) is 12.4. The summed E-state index contributed by atoms with van der Waals surface area (Å²) in [7, 11) is 0. The quantitative estimate of drug-likeness (QED) is 0.235. The lowest BCUT2D eigenvalue weighted by Gasteiger charge is -2.52. The first kappa shape index (κ1) is 31.1. The highest BCUT2D eigenvalue weighted by molar-refractivity contribution is 6.32. The minimum absolute atomic E-state index is 0.00892. The van der Waals surface area contributed by atoms with E-state index in [-0.39, 0.29) is 30.2 Å². The summed E-state index contributed by atoms with van der Waals surface area (Å²) >= 11 is 0. The van der Waals surface area contributed by atoms with E-state index in [1.807, 2.05) is 6.92 Å². The average molecular weight is 604 g/mol. The summed E-state index contributed by atoms with van der Waals surface area (Å²) in [5.41, 5.74) is 5.00. The highest BCUT2D eigenvalue weighted by Crippen LogP contribution is 2.53. The Balaban J connectivity index is 1.51. The fraction of sp³-hybridized carbons (Fsp3) is 0.455. The standard InChI is InChI=1S/C33H37N3O8/c1-4-5-12-35-32(43)36-18-8-6-16(7-9-18)19-10-11-22(37)25-20(19)13-17-14-21-23(15(2)3)27(38)26(31(34)42)30(41)33(21,44)29(40)24(17)28(25)39/h6-11,15,17,21,23-24,26,37,44H,4-5,12-14H2,1-3H3,(H2,34,42)(H2,35,36,43)/t17-,21-,23-,24?,26?,33-/m0/s1. The molecule has 2 aromatic rings. The molecule has 2 unspecified atom stereocenters. The lowest BCUT2D eigenvalue weighted by molar-refractivity contribution is -0.182. The third-order valence-corrected chi connectivity index (χ3v) is 9.47. The van der Waals surface area contributed by atoms with Crippen molar-refractivity contribution < 1.29 is 39.0 Å². The molecule has 2 fully saturated rings. The maximum Gasteiger partial charge on any atom is 0.319 e. The lowest BCUT2D eigenvalue weighted by Crippen LogP contribution is -2.71. The van der Waals surface area contributed by atoms with E-state index in [0.29, 0.717) is 28.9 Å². The largest absolute Gasteiger partial charge is 0.507 e. The van der Waals surface area contributed by atoms with Crippen LogP contribution in [0.3, 0.4) is 0 Å². The summed E-state index contributed by atoms with van der Waals surface area (Å²) in [5, 5.41) is 28.1. The molecule has 5 rings (SSSR count). The minimum atomic E-state index is -2.73. The van der Waals surface area contributed by atoms with Gasteiger partial charge in [0.15, 0.2) is 34.7 Å². The van der Waals surface area contributed by atoms with Crippen LogP contribution < -0.4 is 16.4 Å². The number of rotatable bonds is 7. The third kappa shape index (κ3) is 4.89. The van der Waals surface area contributed by atoms with E-state index < -0.39 is 70.1 Å². The second-order valence-corrected chi connectivity index (χ2v) is 12.4. The monoisotopic (exact) mass is 603 g/mol. The van der Waals surface area contributed by atoms with Crippen LogP contribution in [0.1, 0.15) is 56.0 Å². The molecule has 11 nitrogen and oxygen atoms in total. The van der Waals surface area contributed by atoms with Crippen molar-refractivity contribution in [3.8, 4) is 16.9 Å². The molecule has 0 aromatic heterocycles. The number of phenolic OH excluding ortho intramolecular Hbond substituents is 1. The first-order valence-corrected chi connectivity index (χ1v) is 15.0. The van der Waals surface area contributed by atoms with Gasteiger partial charge in [0.2, 0.25) is 5.91 Å². The molecule has 0 aliphatic heterocycles. The summed E-state index contributed by atoms with van der Waals surface area (Å²) < 4.78 is 0. The number of urea groups is 1. The number of anilines is 1.